The van der Waals surface area contributed by atoms with Gasteiger partial charge in [0.1, 0.15) is 0 Å². The molecule has 0 amide bonds. The van der Waals surface area contributed by atoms with Gasteiger partial charge in [0.05, 0.1) is 0 Å². The van der Waals surface area contributed by atoms with Gasteiger partial charge in [0.25, 0.3) is 0 Å². The van der Waals surface area contributed by atoms with Gasteiger partial charge in [0, 0.05) is 12.1 Å². The summed E-state index contributed by atoms with van der Waals surface area (Å²) in [7, 11) is 0. The molecule has 0 heterocycles. The fraction of sp³-hybridized carbons (Fsp3) is 1.00. The molecule has 3 N–H and O–H groups in total. The first-order chi connectivity index (χ1) is 6.02. The average Bonchev–Trinajstić information content (AvgIpc) is 2.56. The van der Waals surface area contributed by atoms with Crippen molar-refractivity contribution >= 4 is 0 Å². The molecule has 2 rings (SSSR count). The van der Waals surface area contributed by atoms with Crippen LogP contribution in [0, 0.1) is 11.3 Å². The molecule has 0 spiro atoms. The minimum atomic E-state index is 0.152. The van der Waals surface area contributed by atoms with Crippen LogP contribution in [0.15, 0.2) is 0 Å². The lowest BCUT2D eigenvalue weighted by molar-refractivity contribution is 0.237. The lowest BCUT2D eigenvalue weighted by atomic mass is 9.78. The van der Waals surface area contributed by atoms with E-state index in [0.717, 1.165) is 12.5 Å². The Balaban J connectivity index is 1.60. The zero-order chi connectivity index (χ0) is 9.53. The van der Waals surface area contributed by atoms with Crippen LogP contribution in [0.4, 0.5) is 0 Å². The molecule has 2 heteroatoms. The summed E-state index contributed by atoms with van der Waals surface area (Å²) in [4.78, 5) is 0. The fourth-order valence-electron chi connectivity index (χ4n) is 2.23. The highest BCUT2D eigenvalue weighted by Crippen LogP contribution is 2.51. The van der Waals surface area contributed by atoms with Crippen molar-refractivity contribution in [3.8, 4) is 0 Å². The van der Waals surface area contributed by atoms with Gasteiger partial charge in [0.2, 0.25) is 0 Å². The quantitative estimate of drug-likeness (QED) is 0.691. The molecule has 13 heavy (non-hydrogen) atoms. The molecule has 0 aromatic heterocycles. The third-order valence-electron chi connectivity index (χ3n) is 3.93. The first-order valence-corrected chi connectivity index (χ1v) is 5.52. The Morgan fingerprint density at radius 3 is 2.38 bits per heavy atom. The number of hydrogen-bond acceptors (Lipinski definition) is 2. The molecular formula is C11H22N2. The summed E-state index contributed by atoms with van der Waals surface area (Å²) in [6.07, 6.45) is 5.15. The SMILES string of the molecule is CC1(C)CC1CNCC1(N)CCC1. The second-order valence-electron chi connectivity index (χ2n) is 5.74. The van der Waals surface area contributed by atoms with Gasteiger partial charge in [-0.2, -0.15) is 0 Å². The van der Waals surface area contributed by atoms with Crippen LogP contribution < -0.4 is 11.1 Å². The van der Waals surface area contributed by atoms with Crippen LogP contribution in [0.3, 0.4) is 0 Å². The first kappa shape index (κ1) is 9.47. The van der Waals surface area contributed by atoms with Gasteiger partial charge in [0.15, 0.2) is 0 Å². The van der Waals surface area contributed by atoms with E-state index in [4.69, 9.17) is 5.73 Å². The zero-order valence-electron chi connectivity index (χ0n) is 8.90. The van der Waals surface area contributed by atoms with E-state index in [0.29, 0.717) is 5.41 Å². The predicted molar refractivity (Wildman–Crippen MR) is 55.5 cm³/mol. The van der Waals surface area contributed by atoms with E-state index in [1.807, 2.05) is 0 Å². The predicted octanol–water partition coefficient (Wildman–Crippen LogP) is 1.50. The lowest BCUT2D eigenvalue weighted by Gasteiger charge is -2.38. The summed E-state index contributed by atoms with van der Waals surface area (Å²) in [5.41, 5.74) is 6.87. The van der Waals surface area contributed by atoms with E-state index in [1.54, 1.807) is 0 Å². The Morgan fingerprint density at radius 2 is 2.00 bits per heavy atom. The minimum Gasteiger partial charge on any atom is -0.324 e. The van der Waals surface area contributed by atoms with Gasteiger partial charge < -0.3 is 11.1 Å². The summed E-state index contributed by atoms with van der Waals surface area (Å²) in [6.45, 7) is 6.90. The standard InChI is InChI=1S/C11H22N2/c1-10(2)6-9(10)7-13-8-11(12)4-3-5-11/h9,13H,3-8,12H2,1-2H3. The number of nitrogens with two attached hydrogens (primary N) is 1. The molecule has 0 aromatic carbocycles. The molecule has 0 aliphatic heterocycles. The fourth-order valence-corrected chi connectivity index (χ4v) is 2.23. The molecule has 0 radical (unpaired) electrons. The smallest absolute Gasteiger partial charge is 0.0280 e. The van der Waals surface area contributed by atoms with Crippen molar-refractivity contribution < 1.29 is 0 Å². The maximum Gasteiger partial charge on any atom is 0.0280 e. The zero-order valence-corrected chi connectivity index (χ0v) is 8.90. The normalized spacial score (nSPS) is 33.9. The van der Waals surface area contributed by atoms with Gasteiger partial charge >= 0.3 is 0 Å². The van der Waals surface area contributed by atoms with Crippen LogP contribution in [-0.2, 0) is 0 Å². The third kappa shape index (κ3) is 2.05. The van der Waals surface area contributed by atoms with Gasteiger partial charge in [-0.05, 0) is 43.6 Å². The first-order valence-electron chi connectivity index (χ1n) is 5.52. The van der Waals surface area contributed by atoms with Crippen LogP contribution in [0.2, 0.25) is 0 Å². The second-order valence-corrected chi connectivity index (χ2v) is 5.74. The monoisotopic (exact) mass is 182 g/mol. The molecule has 1 atom stereocenters. The molecular weight excluding hydrogens is 160 g/mol. The van der Waals surface area contributed by atoms with Gasteiger partial charge in [-0.25, -0.2) is 0 Å². The molecule has 2 nitrogen and oxygen atoms in total. The molecule has 0 aromatic rings. The topological polar surface area (TPSA) is 38.0 Å². The highest BCUT2D eigenvalue weighted by atomic mass is 15.0. The Hall–Kier alpha value is -0.0800. The molecule has 2 fully saturated rings. The molecule has 1 unspecified atom stereocenters. The Kier molecular flexibility index (Phi) is 2.16. The highest BCUT2D eigenvalue weighted by molar-refractivity contribution is 4.98. The molecule has 2 saturated carbocycles. The summed E-state index contributed by atoms with van der Waals surface area (Å²) >= 11 is 0. The van der Waals surface area contributed by atoms with Crippen molar-refractivity contribution in [3.63, 3.8) is 0 Å². The van der Waals surface area contributed by atoms with E-state index in [9.17, 15) is 0 Å². The number of nitrogens with one attached hydrogen (secondary N) is 1. The Morgan fingerprint density at radius 1 is 1.38 bits per heavy atom. The van der Waals surface area contributed by atoms with Crippen LogP contribution >= 0.6 is 0 Å². The molecule has 2 aliphatic rings. The van der Waals surface area contributed by atoms with Crippen molar-refractivity contribution in [2.75, 3.05) is 13.1 Å². The van der Waals surface area contributed by atoms with Crippen LogP contribution in [0.1, 0.15) is 39.5 Å². The Bertz CT molecular complexity index is 194. The van der Waals surface area contributed by atoms with Gasteiger partial charge in [-0.1, -0.05) is 13.8 Å². The summed E-state index contributed by atoms with van der Waals surface area (Å²) < 4.78 is 0. The van der Waals surface area contributed by atoms with Crippen molar-refractivity contribution in [1.29, 1.82) is 0 Å². The summed E-state index contributed by atoms with van der Waals surface area (Å²) in [5, 5.41) is 3.52. The summed E-state index contributed by atoms with van der Waals surface area (Å²) in [5.74, 6) is 0.899. The minimum absolute atomic E-state index is 0.152. The average molecular weight is 182 g/mol. The van der Waals surface area contributed by atoms with Crippen molar-refractivity contribution in [1.82, 2.24) is 5.32 Å². The maximum atomic E-state index is 6.11. The van der Waals surface area contributed by atoms with E-state index >= 15 is 0 Å². The Labute approximate surface area is 81.3 Å². The lowest BCUT2D eigenvalue weighted by Crippen LogP contribution is -2.54. The van der Waals surface area contributed by atoms with E-state index < -0.39 is 0 Å². The third-order valence-corrected chi connectivity index (χ3v) is 3.93. The van der Waals surface area contributed by atoms with Crippen LogP contribution in [0.25, 0.3) is 0 Å². The van der Waals surface area contributed by atoms with Crippen LogP contribution in [0.5, 0.6) is 0 Å². The van der Waals surface area contributed by atoms with Crippen molar-refractivity contribution in [2.24, 2.45) is 17.1 Å². The van der Waals surface area contributed by atoms with Gasteiger partial charge in [-0.15, -0.1) is 0 Å². The van der Waals surface area contributed by atoms with E-state index in [2.05, 4.69) is 19.2 Å². The highest BCUT2D eigenvalue weighted by Gasteiger charge is 2.45. The van der Waals surface area contributed by atoms with Crippen molar-refractivity contribution in [2.45, 2.75) is 45.1 Å². The molecule has 2 aliphatic carbocycles. The van der Waals surface area contributed by atoms with Gasteiger partial charge in [-0.3, -0.25) is 0 Å². The second kappa shape index (κ2) is 2.96. The van der Waals surface area contributed by atoms with E-state index in [-0.39, 0.29) is 5.54 Å². The number of hydrogen-bond donors (Lipinski definition) is 2. The molecule has 76 valence electrons. The molecule has 0 saturated heterocycles. The summed E-state index contributed by atoms with van der Waals surface area (Å²) in [6, 6.07) is 0. The van der Waals surface area contributed by atoms with Crippen molar-refractivity contribution in [3.05, 3.63) is 0 Å². The van der Waals surface area contributed by atoms with E-state index in [1.165, 1.54) is 32.2 Å². The molecule has 0 bridgehead atoms. The largest absolute Gasteiger partial charge is 0.324 e. The maximum absolute atomic E-state index is 6.11. The number of rotatable bonds is 4. The van der Waals surface area contributed by atoms with Crippen LogP contribution in [-0.4, -0.2) is 18.6 Å².